The van der Waals surface area contributed by atoms with Crippen LogP contribution in [-0.4, -0.2) is 72.6 Å². The van der Waals surface area contributed by atoms with Gasteiger partial charge in [-0.05, 0) is 19.1 Å². The number of anilines is 2. The highest BCUT2D eigenvalue weighted by atomic mass is 19.1. The lowest BCUT2D eigenvalue weighted by Crippen LogP contribution is -2.44. The van der Waals surface area contributed by atoms with Crippen molar-refractivity contribution in [2.45, 2.75) is 51.9 Å². The minimum Gasteiger partial charge on any atom is -0.494 e. The molecule has 2 aliphatic rings. The Kier molecular flexibility index (Phi) is 8.13. The Balaban J connectivity index is 1.39. The average molecular weight is 503 g/mol. The van der Waals surface area contributed by atoms with Crippen molar-refractivity contribution in [2.24, 2.45) is 11.8 Å². The van der Waals surface area contributed by atoms with E-state index in [1.807, 2.05) is 23.6 Å². The Morgan fingerprint density at radius 1 is 1.19 bits per heavy atom. The van der Waals surface area contributed by atoms with Crippen molar-refractivity contribution >= 4 is 17.5 Å². The number of hydrogen-bond donors (Lipinski definition) is 1. The molecule has 0 radical (unpaired) electrons. The van der Waals surface area contributed by atoms with E-state index in [0.29, 0.717) is 55.8 Å². The third kappa shape index (κ3) is 5.64. The maximum absolute atomic E-state index is 14.5. The SMILES string of the molecule is CCOc1ccc(F)c(N2CC[C@@H](Oc3cnc(N4C[C@H](OC)[C@@H](C)[C@@H]4CC(=O)O)cn3)[C@H](C)C2)c1. The smallest absolute Gasteiger partial charge is 0.305 e. The number of carboxylic acids is 1. The van der Waals surface area contributed by atoms with Gasteiger partial charge in [-0.3, -0.25) is 4.79 Å². The second kappa shape index (κ2) is 11.3. The van der Waals surface area contributed by atoms with E-state index in [0.717, 1.165) is 0 Å². The number of aromatic nitrogens is 2. The van der Waals surface area contributed by atoms with Gasteiger partial charge < -0.3 is 29.1 Å². The fraction of sp³-hybridized carbons (Fsp3) is 0.577. The van der Waals surface area contributed by atoms with Gasteiger partial charge in [0.1, 0.15) is 23.5 Å². The molecule has 4 rings (SSSR count). The van der Waals surface area contributed by atoms with Crippen LogP contribution >= 0.6 is 0 Å². The van der Waals surface area contributed by atoms with Gasteiger partial charge in [-0.25, -0.2) is 14.4 Å². The highest BCUT2D eigenvalue weighted by Crippen LogP contribution is 2.33. The number of halogens is 1. The molecule has 0 saturated carbocycles. The Hall–Kier alpha value is -3.14. The molecule has 36 heavy (non-hydrogen) atoms. The van der Waals surface area contributed by atoms with Crippen molar-refractivity contribution in [1.82, 2.24) is 9.97 Å². The summed E-state index contributed by atoms with van der Waals surface area (Å²) in [6, 6.07) is 4.62. The van der Waals surface area contributed by atoms with Crippen LogP contribution in [0.25, 0.3) is 0 Å². The molecule has 0 bridgehead atoms. The van der Waals surface area contributed by atoms with E-state index >= 15 is 0 Å². The minimum atomic E-state index is -0.855. The van der Waals surface area contributed by atoms with Crippen LogP contribution in [0.5, 0.6) is 11.6 Å². The number of rotatable bonds is 9. The van der Waals surface area contributed by atoms with Gasteiger partial charge in [0.15, 0.2) is 0 Å². The first kappa shape index (κ1) is 25.9. The monoisotopic (exact) mass is 502 g/mol. The van der Waals surface area contributed by atoms with E-state index in [4.69, 9.17) is 14.2 Å². The summed E-state index contributed by atoms with van der Waals surface area (Å²) >= 11 is 0. The molecule has 10 heteroatoms. The van der Waals surface area contributed by atoms with Gasteiger partial charge in [0.2, 0.25) is 5.88 Å². The highest BCUT2D eigenvalue weighted by Gasteiger charge is 2.41. The summed E-state index contributed by atoms with van der Waals surface area (Å²) in [4.78, 5) is 24.4. The Bertz CT molecular complexity index is 1040. The van der Waals surface area contributed by atoms with Gasteiger partial charge >= 0.3 is 5.97 Å². The van der Waals surface area contributed by atoms with Crippen LogP contribution in [0.2, 0.25) is 0 Å². The predicted molar refractivity (Wildman–Crippen MR) is 133 cm³/mol. The second-order valence-corrected chi connectivity index (χ2v) is 9.58. The lowest BCUT2D eigenvalue weighted by Gasteiger charge is -2.38. The molecule has 0 aliphatic carbocycles. The van der Waals surface area contributed by atoms with E-state index in [1.54, 1.807) is 31.6 Å². The summed E-state index contributed by atoms with van der Waals surface area (Å²) in [6.45, 7) is 8.36. The molecule has 9 nitrogen and oxygen atoms in total. The van der Waals surface area contributed by atoms with Crippen molar-refractivity contribution in [1.29, 1.82) is 0 Å². The highest BCUT2D eigenvalue weighted by molar-refractivity contribution is 5.68. The predicted octanol–water partition coefficient (Wildman–Crippen LogP) is 3.62. The number of carbonyl (C=O) groups is 1. The Morgan fingerprint density at radius 2 is 2.00 bits per heavy atom. The molecule has 0 spiro atoms. The van der Waals surface area contributed by atoms with Crippen LogP contribution in [0.1, 0.15) is 33.6 Å². The Morgan fingerprint density at radius 3 is 2.64 bits per heavy atom. The first-order chi connectivity index (χ1) is 17.3. The number of methoxy groups -OCH3 is 1. The number of benzene rings is 1. The number of nitrogens with zero attached hydrogens (tertiary/aromatic N) is 4. The van der Waals surface area contributed by atoms with Crippen LogP contribution in [0.3, 0.4) is 0 Å². The van der Waals surface area contributed by atoms with Crippen LogP contribution in [-0.2, 0) is 9.53 Å². The van der Waals surface area contributed by atoms with Crippen molar-refractivity contribution < 1.29 is 28.5 Å². The molecule has 1 aromatic heterocycles. The zero-order valence-electron chi connectivity index (χ0n) is 21.3. The molecule has 2 fully saturated rings. The second-order valence-electron chi connectivity index (χ2n) is 9.58. The summed E-state index contributed by atoms with van der Waals surface area (Å²) in [6.07, 6.45) is 3.78. The van der Waals surface area contributed by atoms with Gasteiger partial charge in [0.25, 0.3) is 0 Å². The molecule has 3 heterocycles. The lowest BCUT2D eigenvalue weighted by atomic mass is 9.96. The third-order valence-corrected chi connectivity index (χ3v) is 7.23. The summed E-state index contributed by atoms with van der Waals surface area (Å²) < 4.78 is 31.8. The van der Waals surface area contributed by atoms with Crippen molar-refractivity contribution in [3.8, 4) is 11.6 Å². The van der Waals surface area contributed by atoms with Crippen LogP contribution in [0.15, 0.2) is 30.6 Å². The van der Waals surface area contributed by atoms with E-state index in [2.05, 4.69) is 16.9 Å². The first-order valence-corrected chi connectivity index (χ1v) is 12.5. The van der Waals surface area contributed by atoms with Crippen molar-refractivity contribution in [2.75, 3.05) is 43.2 Å². The van der Waals surface area contributed by atoms with E-state index in [1.165, 1.54) is 6.07 Å². The number of ether oxygens (including phenoxy) is 3. The normalized spacial score (nSPS) is 26.2. The molecule has 2 aromatic rings. The average Bonchev–Trinajstić information content (AvgIpc) is 3.17. The molecule has 1 aromatic carbocycles. The standard InChI is InChI=1S/C26H35FN4O5/c1-5-35-18-6-7-19(27)21(10-18)30-9-8-22(16(2)14-30)36-25-13-28-24(12-29-25)31-15-23(34-4)17(3)20(31)11-26(32)33/h6-7,10,12-13,16-17,20,22-23H,5,8-9,11,14-15H2,1-4H3,(H,32,33)/t16-,17+,20+,22-,23+/m1/s1. The summed E-state index contributed by atoms with van der Waals surface area (Å²) in [7, 11) is 1.64. The molecular formula is C26H35FN4O5. The van der Waals surface area contributed by atoms with Crippen LogP contribution in [0.4, 0.5) is 15.9 Å². The topological polar surface area (TPSA) is 97.2 Å². The van der Waals surface area contributed by atoms with E-state index in [9.17, 15) is 14.3 Å². The largest absolute Gasteiger partial charge is 0.494 e. The molecule has 5 atom stereocenters. The number of piperidine rings is 1. The van der Waals surface area contributed by atoms with E-state index < -0.39 is 5.97 Å². The maximum atomic E-state index is 14.5. The summed E-state index contributed by atoms with van der Waals surface area (Å²) in [5.41, 5.74) is 0.542. The zero-order valence-corrected chi connectivity index (χ0v) is 21.3. The van der Waals surface area contributed by atoms with E-state index in [-0.39, 0.29) is 42.3 Å². The first-order valence-electron chi connectivity index (χ1n) is 12.5. The molecule has 196 valence electrons. The van der Waals surface area contributed by atoms with Gasteiger partial charge in [-0.15, -0.1) is 0 Å². The summed E-state index contributed by atoms with van der Waals surface area (Å²) in [5.74, 6) is 0.744. The fourth-order valence-electron chi connectivity index (χ4n) is 5.24. The molecule has 0 unspecified atom stereocenters. The fourth-order valence-corrected chi connectivity index (χ4v) is 5.24. The molecule has 1 N–H and O–H groups in total. The Labute approximate surface area is 211 Å². The molecule has 0 amide bonds. The zero-order chi connectivity index (χ0) is 25.8. The molecule has 2 saturated heterocycles. The quantitative estimate of drug-likeness (QED) is 0.551. The van der Waals surface area contributed by atoms with Gasteiger partial charge in [-0.2, -0.15) is 0 Å². The summed E-state index contributed by atoms with van der Waals surface area (Å²) in [5, 5.41) is 9.36. The van der Waals surface area contributed by atoms with Gasteiger partial charge in [0.05, 0.1) is 37.2 Å². The van der Waals surface area contributed by atoms with Gasteiger partial charge in [0, 0.05) is 57.1 Å². The van der Waals surface area contributed by atoms with Crippen molar-refractivity contribution in [3.05, 3.63) is 36.4 Å². The molecule has 2 aliphatic heterocycles. The number of carboxylic acid groups (broad SMARTS) is 1. The van der Waals surface area contributed by atoms with Crippen LogP contribution in [0, 0.1) is 17.7 Å². The number of aliphatic carboxylic acids is 1. The molecular weight excluding hydrogens is 467 g/mol. The van der Waals surface area contributed by atoms with Gasteiger partial charge in [-0.1, -0.05) is 13.8 Å². The lowest BCUT2D eigenvalue weighted by molar-refractivity contribution is -0.137. The number of hydrogen-bond acceptors (Lipinski definition) is 8. The maximum Gasteiger partial charge on any atom is 0.305 e. The van der Waals surface area contributed by atoms with Crippen LogP contribution < -0.4 is 19.3 Å². The minimum absolute atomic E-state index is 0.00508. The third-order valence-electron chi connectivity index (χ3n) is 7.23. The van der Waals surface area contributed by atoms with Crippen molar-refractivity contribution in [3.63, 3.8) is 0 Å².